The van der Waals surface area contributed by atoms with Crippen molar-refractivity contribution in [3.63, 3.8) is 0 Å². The Bertz CT molecular complexity index is 1830. The van der Waals surface area contributed by atoms with Crippen molar-refractivity contribution in [3.8, 4) is 11.4 Å². The maximum absolute atomic E-state index is 13.2. The molecular weight excluding hydrogens is 514 g/mol. The van der Waals surface area contributed by atoms with Crippen molar-refractivity contribution in [2.75, 3.05) is 11.4 Å². The number of hydrogen-bond donors (Lipinski definition) is 0. The molecule has 3 heterocycles. The highest BCUT2D eigenvalue weighted by Crippen LogP contribution is 2.28. The third kappa shape index (κ3) is 4.63. The smallest absolute Gasteiger partial charge is 0.330 e. The fourth-order valence-electron chi connectivity index (χ4n) is 4.58. The first-order chi connectivity index (χ1) is 18.5. The van der Waals surface area contributed by atoms with Gasteiger partial charge in [0.05, 0.1) is 18.4 Å². The fourth-order valence-corrected chi connectivity index (χ4v) is 5.79. The molecule has 0 radical (unpaired) electrons. The first-order valence-corrected chi connectivity index (χ1v) is 14.0. The Labute approximate surface area is 227 Å². The van der Waals surface area contributed by atoms with E-state index in [4.69, 9.17) is 4.98 Å². The van der Waals surface area contributed by atoms with Gasteiger partial charge in [-0.2, -0.15) is 8.42 Å². The highest BCUT2D eigenvalue weighted by Gasteiger charge is 2.25. The summed E-state index contributed by atoms with van der Waals surface area (Å²) in [7, 11) is 1.14. The number of hydrogen-bond acceptors (Lipinski definition) is 6. The van der Waals surface area contributed by atoms with Gasteiger partial charge in [0.2, 0.25) is 0 Å². The lowest BCUT2D eigenvalue weighted by atomic mass is 9.97. The zero-order valence-corrected chi connectivity index (χ0v) is 23.6. The zero-order chi connectivity index (χ0) is 28.1. The highest BCUT2D eigenvalue weighted by atomic mass is 32.2. The number of nitrogens with zero attached hydrogens (tertiary/aromatic N) is 7. The first-order valence-electron chi connectivity index (χ1n) is 12.6. The van der Waals surface area contributed by atoms with Crippen LogP contribution < -0.4 is 9.99 Å². The summed E-state index contributed by atoms with van der Waals surface area (Å²) in [5.74, 6) is 1.47. The molecule has 0 saturated carbocycles. The van der Waals surface area contributed by atoms with E-state index in [0.29, 0.717) is 34.4 Å². The van der Waals surface area contributed by atoms with Crippen molar-refractivity contribution in [2.45, 2.75) is 38.3 Å². The molecule has 0 amide bonds. The Morgan fingerprint density at radius 2 is 1.69 bits per heavy atom. The second-order valence-electron chi connectivity index (χ2n) is 9.95. The average molecular weight is 546 g/mol. The van der Waals surface area contributed by atoms with E-state index in [1.54, 1.807) is 48.5 Å². The van der Waals surface area contributed by atoms with Crippen LogP contribution in [0.15, 0.2) is 70.7 Å². The van der Waals surface area contributed by atoms with Crippen LogP contribution >= 0.6 is 0 Å². The van der Waals surface area contributed by atoms with E-state index in [0.717, 1.165) is 16.7 Å². The van der Waals surface area contributed by atoms with Crippen LogP contribution in [0.2, 0.25) is 0 Å². The molecule has 202 valence electrons. The maximum Gasteiger partial charge on any atom is 0.330 e. The number of sulfonamides is 1. The van der Waals surface area contributed by atoms with Crippen molar-refractivity contribution in [2.24, 2.45) is 14.1 Å². The zero-order valence-electron chi connectivity index (χ0n) is 22.8. The quantitative estimate of drug-likeness (QED) is 0.308. The van der Waals surface area contributed by atoms with Gasteiger partial charge in [-0.25, -0.2) is 19.7 Å². The molecule has 10 nitrogen and oxygen atoms in total. The number of aromatic nitrogens is 6. The van der Waals surface area contributed by atoms with Crippen LogP contribution in [-0.2, 0) is 30.7 Å². The summed E-state index contributed by atoms with van der Waals surface area (Å²) in [6.45, 7) is 6.27. The van der Waals surface area contributed by atoms with Gasteiger partial charge in [0.15, 0.2) is 16.5 Å². The van der Waals surface area contributed by atoms with Crippen LogP contribution in [0.1, 0.15) is 36.7 Å². The molecule has 0 atom stereocenters. The lowest BCUT2D eigenvalue weighted by Gasteiger charge is -2.18. The molecule has 0 N–H and O–H groups in total. The van der Waals surface area contributed by atoms with Gasteiger partial charge < -0.3 is 4.57 Å². The second-order valence-corrected chi connectivity index (χ2v) is 11.9. The molecule has 5 aromatic rings. The fraction of sp³-hybridized carbons (Fsp3) is 0.286. The van der Waals surface area contributed by atoms with Gasteiger partial charge in [-0.3, -0.25) is 13.4 Å². The lowest BCUT2D eigenvalue weighted by Crippen LogP contribution is -2.27. The maximum atomic E-state index is 13.2. The summed E-state index contributed by atoms with van der Waals surface area (Å²) in [6.07, 6.45) is 3.19. The van der Waals surface area contributed by atoms with E-state index >= 15 is 0 Å². The van der Waals surface area contributed by atoms with Crippen molar-refractivity contribution in [3.05, 3.63) is 88.4 Å². The molecule has 0 fully saturated rings. The molecule has 11 heteroatoms. The molecule has 0 aliphatic carbocycles. The van der Waals surface area contributed by atoms with E-state index in [2.05, 4.69) is 29.9 Å². The number of aryl methyl sites for hydroxylation is 3. The normalized spacial score (nSPS) is 12.0. The van der Waals surface area contributed by atoms with Gasteiger partial charge in [-0.1, -0.05) is 50.2 Å². The molecule has 3 aromatic heterocycles. The molecule has 0 spiro atoms. The molecule has 39 heavy (non-hydrogen) atoms. The van der Waals surface area contributed by atoms with Crippen molar-refractivity contribution >= 4 is 26.9 Å². The number of fused-ring (bicyclic) bond motifs is 1. The van der Waals surface area contributed by atoms with E-state index in [1.165, 1.54) is 22.1 Å². The summed E-state index contributed by atoms with van der Waals surface area (Å²) in [5.41, 5.74) is 4.37. The average Bonchev–Trinajstić information content (AvgIpc) is 3.39. The van der Waals surface area contributed by atoms with Crippen LogP contribution in [0.3, 0.4) is 0 Å². The minimum absolute atomic E-state index is 0.00841. The number of benzene rings is 2. The van der Waals surface area contributed by atoms with Crippen LogP contribution in [0.4, 0.5) is 5.69 Å². The molecule has 5 rings (SSSR count). The molecular formula is C28H31N7O3S. The topological polar surface area (TPSA) is 108 Å². The molecule has 0 aliphatic heterocycles. The third-order valence-corrected chi connectivity index (χ3v) is 8.72. The SMILES string of the molecule is Cc1nc(S(=O)(=O)N(C)c2ccc(Cn3c(=O)n(C)c4cnc(-c5ccccc5C(C)C)nc43)cc2)cn1C. The van der Waals surface area contributed by atoms with Crippen LogP contribution in [0, 0.1) is 6.92 Å². The Hall–Kier alpha value is -4.25. The van der Waals surface area contributed by atoms with Crippen molar-refractivity contribution in [1.82, 2.24) is 28.7 Å². The Kier molecular flexibility index (Phi) is 6.63. The standard InChI is InChI=1S/C28H31N7O3S/c1-18(2)22-9-7-8-10-23(22)26-29-15-24-27(31-26)35(28(36)33(24)5)16-20-11-13-21(14-12-20)34(6)39(37,38)25-17-32(4)19(3)30-25/h7-15,17-18H,16H2,1-6H3. The molecule has 0 aliphatic rings. The van der Waals surface area contributed by atoms with Gasteiger partial charge >= 0.3 is 5.69 Å². The third-order valence-electron chi connectivity index (χ3n) is 7.06. The van der Waals surface area contributed by atoms with Gasteiger partial charge in [-0.05, 0) is 36.1 Å². The van der Waals surface area contributed by atoms with Gasteiger partial charge in [0, 0.05) is 32.9 Å². The minimum Gasteiger partial charge on any atom is -0.337 e. The van der Waals surface area contributed by atoms with E-state index in [-0.39, 0.29) is 17.3 Å². The minimum atomic E-state index is -3.81. The van der Waals surface area contributed by atoms with E-state index < -0.39 is 10.0 Å². The highest BCUT2D eigenvalue weighted by molar-refractivity contribution is 7.92. The van der Waals surface area contributed by atoms with Gasteiger partial charge in [0.25, 0.3) is 10.0 Å². The summed E-state index contributed by atoms with van der Waals surface area (Å²) < 4.78 is 32.2. The largest absolute Gasteiger partial charge is 0.337 e. The second kappa shape index (κ2) is 9.81. The summed E-state index contributed by atoms with van der Waals surface area (Å²) in [6, 6.07) is 15.1. The van der Waals surface area contributed by atoms with Gasteiger partial charge in [0.1, 0.15) is 11.3 Å². The monoisotopic (exact) mass is 545 g/mol. The van der Waals surface area contributed by atoms with Crippen molar-refractivity contribution < 1.29 is 8.42 Å². The first kappa shape index (κ1) is 26.4. The van der Waals surface area contributed by atoms with Gasteiger partial charge in [-0.15, -0.1) is 0 Å². The number of anilines is 1. The van der Waals surface area contributed by atoms with Crippen LogP contribution in [0.5, 0.6) is 0 Å². The molecule has 0 bridgehead atoms. The van der Waals surface area contributed by atoms with E-state index in [9.17, 15) is 13.2 Å². The predicted molar refractivity (Wildman–Crippen MR) is 151 cm³/mol. The summed E-state index contributed by atoms with van der Waals surface area (Å²) in [4.78, 5) is 26.7. The van der Waals surface area contributed by atoms with Crippen LogP contribution in [-0.4, -0.2) is 44.1 Å². The van der Waals surface area contributed by atoms with Crippen LogP contribution in [0.25, 0.3) is 22.6 Å². The summed E-state index contributed by atoms with van der Waals surface area (Å²) in [5, 5.41) is -0.00841. The Morgan fingerprint density at radius 1 is 1.00 bits per heavy atom. The lowest BCUT2D eigenvalue weighted by molar-refractivity contribution is 0.591. The molecule has 0 unspecified atom stereocenters. The summed E-state index contributed by atoms with van der Waals surface area (Å²) >= 11 is 0. The number of rotatable bonds is 7. The molecule has 2 aromatic carbocycles. The predicted octanol–water partition coefficient (Wildman–Crippen LogP) is 3.84. The van der Waals surface area contributed by atoms with Crippen molar-refractivity contribution in [1.29, 1.82) is 0 Å². The Morgan fingerprint density at radius 3 is 2.33 bits per heavy atom. The Balaban J connectivity index is 1.48. The number of imidazole rings is 2. The molecule has 0 saturated heterocycles. The van der Waals surface area contributed by atoms with E-state index in [1.807, 2.05) is 30.3 Å².